The highest BCUT2D eigenvalue weighted by molar-refractivity contribution is 7.14. The van der Waals surface area contributed by atoms with E-state index in [1.165, 1.54) is 23.5 Å². The van der Waals surface area contributed by atoms with Crippen LogP contribution >= 0.6 is 11.3 Å². The summed E-state index contributed by atoms with van der Waals surface area (Å²) in [6.07, 6.45) is -0.718. The van der Waals surface area contributed by atoms with Gasteiger partial charge in [0.25, 0.3) is 11.6 Å². The number of hydrogen-bond acceptors (Lipinski definition) is 6. The molecule has 0 bridgehead atoms. The van der Waals surface area contributed by atoms with Crippen molar-refractivity contribution in [3.05, 3.63) is 94.4 Å². The van der Waals surface area contributed by atoms with Gasteiger partial charge in [-0.3, -0.25) is 20.2 Å². The number of carbonyl (C=O) groups is 1. The molecule has 4 aromatic rings. The van der Waals surface area contributed by atoms with Crippen LogP contribution in [-0.2, 0) is 4.79 Å². The van der Waals surface area contributed by atoms with E-state index >= 15 is 0 Å². The molecule has 1 heterocycles. The molecule has 0 saturated heterocycles. The second kappa shape index (κ2) is 9.40. The van der Waals surface area contributed by atoms with Crippen LogP contribution in [-0.4, -0.2) is 21.9 Å². The number of nitro groups is 1. The predicted molar refractivity (Wildman–Crippen MR) is 125 cm³/mol. The lowest BCUT2D eigenvalue weighted by molar-refractivity contribution is -0.384. The standard InChI is InChI=1S/C24H19N3O4S/c1-16(31-21-13-9-18(10-14-21)17-5-3-2-4-6-17)23(28)26-24-25-22(15-32-24)19-7-11-20(12-8-19)27(29)30/h2-16H,1H3,(H,25,26,28). The van der Waals surface area contributed by atoms with Gasteiger partial charge in [-0.15, -0.1) is 11.3 Å². The number of thiazole rings is 1. The summed E-state index contributed by atoms with van der Waals surface area (Å²) in [7, 11) is 0. The van der Waals surface area contributed by atoms with Gasteiger partial charge in [0.2, 0.25) is 0 Å². The molecule has 0 aliphatic carbocycles. The summed E-state index contributed by atoms with van der Waals surface area (Å²) in [4.78, 5) is 27.2. The van der Waals surface area contributed by atoms with Crippen molar-refractivity contribution in [1.82, 2.24) is 4.98 Å². The molecule has 0 aliphatic heterocycles. The molecule has 0 fully saturated rings. The molecule has 1 amide bonds. The molecular formula is C24H19N3O4S. The van der Waals surface area contributed by atoms with E-state index in [4.69, 9.17) is 4.74 Å². The minimum Gasteiger partial charge on any atom is -0.481 e. The summed E-state index contributed by atoms with van der Waals surface area (Å²) in [5.41, 5.74) is 3.55. The summed E-state index contributed by atoms with van der Waals surface area (Å²) in [5, 5.41) is 15.7. The smallest absolute Gasteiger partial charge is 0.269 e. The zero-order valence-corrected chi connectivity index (χ0v) is 17.9. The molecular weight excluding hydrogens is 426 g/mol. The Morgan fingerprint density at radius 3 is 2.25 bits per heavy atom. The Bertz CT molecular complexity index is 1220. The second-order valence-electron chi connectivity index (χ2n) is 6.98. The number of carbonyl (C=O) groups excluding carboxylic acids is 1. The highest BCUT2D eigenvalue weighted by atomic mass is 32.1. The van der Waals surface area contributed by atoms with Gasteiger partial charge in [-0.1, -0.05) is 42.5 Å². The van der Waals surface area contributed by atoms with Crippen LogP contribution in [0.15, 0.2) is 84.2 Å². The van der Waals surface area contributed by atoms with Gasteiger partial charge in [0.1, 0.15) is 5.75 Å². The Morgan fingerprint density at radius 2 is 1.59 bits per heavy atom. The lowest BCUT2D eigenvalue weighted by atomic mass is 10.1. The zero-order chi connectivity index (χ0) is 22.5. The first-order valence-corrected chi connectivity index (χ1v) is 10.7. The van der Waals surface area contributed by atoms with Gasteiger partial charge in [-0.05, 0) is 42.3 Å². The van der Waals surface area contributed by atoms with E-state index in [1.807, 2.05) is 54.6 Å². The fourth-order valence-electron chi connectivity index (χ4n) is 3.04. The lowest BCUT2D eigenvalue weighted by Crippen LogP contribution is -2.30. The number of hydrogen-bond donors (Lipinski definition) is 1. The summed E-state index contributed by atoms with van der Waals surface area (Å²) in [5.74, 6) is 0.278. The Kier molecular flexibility index (Phi) is 6.23. The molecule has 1 aromatic heterocycles. The monoisotopic (exact) mass is 445 g/mol. The molecule has 0 saturated carbocycles. The summed E-state index contributed by atoms with van der Waals surface area (Å²) in [6, 6.07) is 23.7. The predicted octanol–water partition coefficient (Wildman–Crippen LogP) is 5.79. The molecule has 8 heteroatoms. The van der Waals surface area contributed by atoms with Crippen LogP contribution in [0.25, 0.3) is 22.4 Å². The van der Waals surface area contributed by atoms with E-state index in [2.05, 4.69) is 10.3 Å². The minimum atomic E-state index is -0.718. The Balaban J connectivity index is 1.36. The summed E-state index contributed by atoms with van der Waals surface area (Å²) in [6.45, 7) is 1.67. The third-order valence-electron chi connectivity index (χ3n) is 4.75. The largest absolute Gasteiger partial charge is 0.481 e. The fourth-order valence-corrected chi connectivity index (χ4v) is 3.76. The number of nitrogens with zero attached hydrogens (tertiary/aromatic N) is 2. The van der Waals surface area contributed by atoms with E-state index in [0.717, 1.165) is 16.7 Å². The van der Waals surface area contributed by atoms with Crippen LogP contribution in [0.4, 0.5) is 10.8 Å². The normalized spacial score (nSPS) is 11.5. The van der Waals surface area contributed by atoms with Crippen LogP contribution in [0.3, 0.4) is 0 Å². The van der Waals surface area contributed by atoms with Crippen LogP contribution in [0.2, 0.25) is 0 Å². The van der Waals surface area contributed by atoms with Crippen LogP contribution in [0.5, 0.6) is 5.75 Å². The van der Waals surface area contributed by atoms with Crippen LogP contribution in [0, 0.1) is 10.1 Å². The maximum atomic E-state index is 12.5. The van der Waals surface area contributed by atoms with Crippen molar-refractivity contribution in [2.75, 3.05) is 5.32 Å². The van der Waals surface area contributed by atoms with Gasteiger partial charge in [0.15, 0.2) is 11.2 Å². The van der Waals surface area contributed by atoms with Crippen molar-refractivity contribution in [3.8, 4) is 28.1 Å². The summed E-state index contributed by atoms with van der Waals surface area (Å²) >= 11 is 1.27. The molecule has 1 unspecified atom stereocenters. The molecule has 1 N–H and O–H groups in total. The number of benzene rings is 3. The molecule has 3 aromatic carbocycles. The van der Waals surface area contributed by atoms with Crippen molar-refractivity contribution in [3.63, 3.8) is 0 Å². The zero-order valence-electron chi connectivity index (χ0n) is 17.1. The number of amides is 1. The van der Waals surface area contributed by atoms with E-state index in [1.54, 1.807) is 24.4 Å². The molecule has 4 rings (SSSR count). The van der Waals surface area contributed by atoms with Crippen molar-refractivity contribution in [2.24, 2.45) is 0 Å². The number of nitrogens with one attached hydrogen (secondary N) is 1. The number of non-ortho nitro benzene ring substituents is 1. The first-order valence-electron chi connectivity index (χ1n) is 9.83. The van der Waals surface area contributed by atoms with Crippen molar-refractivity contribution >= 4 is 28.1 Å². The fraction of sp³-hybridized carbons (Fsp3) is 0.0833. The maximum absolute atomic E-state index is 12.5. The topological polar surface area (TPSA) is 94.4 Å². The van der Waals surface area contributed by atoms with Crippen molar-refractivity contribution in [2.45, 2.75) is 13.0 Å². The van der Waals surface area contributed by atoms with Crippen LogP contribution in [0.1, 0.15) is 6.92 Å². The van der Waals surface area contributed by atoms with Gasteiger partial charge in [-0.2, -0.15) is 0 Å². The quantitative estimate of drug-likeness (QED) is 0.287. The molecule has 32 heavy (non-hydrogen) atoms. The Hall–Kier alpha value is -4.04. The van der Waals surface area contributed by atoms with Gasteiger partial charge in [0, 0.05) is 23.1 Å². The van der Waals surface area contributed by atoms with Crippen molar-refractivity contribution < 1.29 is 14.5 Å². The Morgan fingerprint density at radius 1 is 0.969 bits per heavy atom. The third kappa shape index (κ3) is 4.98. The van der Waals surface area contributed by atoms with E-state index in [9.17, 15) is 14.9 Å². The second-order valence-corrected chi connectivity index (χ2v) is 7.84. The average Bonchev–Trinajstić information content (AvgIpc) is 3.28. The first-order chi connectivity index (χ1) is 15.5. The molecule has 0 radical (unpaired) electrons. The van der Waals surface area contributed by atoms with Gasteiger partial charge < -0.3 is 4.74 Å². The lowest BCUT2D eigenvalue weighted by Gasteiger charge is -2.14. The number of nitro benzene ring substituents is 1. The molecule has 160 valence electrons. The van der Waals surface area contributed by atoms with E-state index < -0.39 is 11.0 Å². The van der Waals surface area contributed by atoms with Crippen molar-refractivity contribution in [1.29, 1.82) is 0 Å². The SMILES string of the molecule is CC(Oc1ccc(-c2ccccc2)cc1)C(=O)Nc1nc(-c2ccc([N+](=O)[O-])cc2)cs1. The van der Waals surface area contributed by atoms with Gasteiger partial charge in [0.05, 0.1) is 10.6 Å². The van der Waals surface area contributed by atoms with E-state index in [0.29, 0.717) is 16.6 Å². The number of aromatic nitrogens is 1. The van der Waals surface area contributed by atoms with Gasteiger partial charge in [-0.25, -0.2) is 4.98 Å². The Labute approximate surface area is 188 Å². The molecule has 7 nitrogen and oxygen atoms in total. The molecule has 0 aliphatic rings. The van der Waals surface area contributed by atoms with Gasteiger partial charge >= 0.3 is 0 Å². The number of rotatable bonds is 7. The van der Waals surface area contributed by atoms with Crippen LogP contribution < -0.4 is 10.1 Å². The summed E-state index contributed by atoms with van der Waals surface area (Å²) < 4.78 is 5.77. The highest BCUT2D eigenvalue weighted by Crippen LogP contribution is 2.27. The number of ether oxygens (including phenoxy) is 1. The first kappa shape index (κ1) is 21.2. The molecule has 0 spiro atoms. The third-order valence-corrected chi connectivity index (χ3v) is 5.51. The molecule has 1 atom stereocenters. The maximum Gasteiger partial charge on any atom is 0.269 e. The highest BCUT2D eigenvalue weighted by Gasteiger charge is 2.17. The average molecular weight is 446 g/mol. The minimum absolute atomic E-state index is 0.0141. The van der Waals surface area contributed by atoms with E-state index in [-0.39, 0.29) is 11.6 Å². The number of anilines is 1.